The summed E-state index contributed by atoms with van der Waals surface area (Å²) < 4.78 is 16.3. The second-order valence-corrected chi connectivity index (χ2v) is 4.78. The van der Waals surface area contributed by atoms with Gasteiger partial charge in [0, 0.05) is 20.1 Å². The summed E-state index contributed by atoms with van der Waals surface area (Å²) >= 11 is 0. The standard InChI is InChI=1S/C15H30O4/c1-4-6-8-10-17-12-15(13-19-14(3)16)18-11-9-7-5-2/h15H,4-13H2,1-3H3. The van der Waals surface area contributed by atoms with E-state index >= 15 is 0 Å². The van der Waals surface area contributed by atoms with E-state index in [2.05, 4.69) is 13.8 Å². The van der Waals surface area contributed by atoms with Crippen molar-refractivity contribution in [3.63, 3.8) is 0 Å². The van der Waals surface area contributed by atoms with E-state index in [1.807, 2.05) is 0 Å². The summed E-state index contributed by atoms with van der Waals surface area (Å²) in [6, 6.07) is 0. The van der Waals surface area contributed by atoms with Crippen LogP contribution >= 0.6 is 0 Å². The SMILES string of the molecule is CCCCCOCC(COC(C)=O)OCCCCC. The molecule has 4 heteroatoms. The third kappa shape index (κ3) is 13.6. The molecule has 0 heterocycles. The van der Waals surface area contributed by atoms with E-state index in [0.717, 1.165) is 25.9 Å². The van der Waals surface area contributed by atoms with Crippen molar-refractivity contribution in [3.8, 4) is 0 Å². The zero-order chi connectivity index (χ0) is 14.3. The third-order valence-corrected chi connectivity index (χ3v) is 2.77. The number of rotatable bonds is 13. The highest BCUT2D eigenvalue weighted by Gasteiger charge is 2.11. The van der Waals surface area contributed by atoms with Crippen molar-refractivity contribution in [2.24, 2.45) is 0 Å². The van der Waals surface area contributed by atoms with Gasteiger partial charge in [-0.1, -0.05) is 39.5 Å². The van der Waals surface area contributed by atoms with Gasteiger partial charge in [0.25, 0.3) is 0 Å². The molecule has 19 heavy (non-hydrogen) atoms. The summed E-state index contributed by atoms with van der Waals surface area (Å²) in [6.07, 6.45) is 6.70. The lowest BCUT2D eigenvalue weighted by atomic mass is 10.2. The largest absolute Gasteiger partial charge is 0.463 e. The topological polar surface area (TPSA) is 44.8 Å². The molecule has 0 saturated carbocycles. The van der Waals surface area contributed by atoms with Crippen LogP contribution in [-0.4, -0.2) is 38.5 Å². The first-order chi connectivity index (χ1) is 9.20. The lowest BCUT2D eigenvalue weighted by Crippen LogP contribution is -2.27. The van der Waals surface area contributed by atoms with Crippen LogP contribution in [0.2, 0.25) is 0 Å². The molecule has 0 fully saturated rings. The van der Waals surface area contributed by atoms with Crippen LogP contribution in [0.3, 0.4) is 0 Å². The Morgan fingerprint density at radius 2 is 1.58 bits per heavy atom. The summed E-state index contributed by atoms with van der Waals surface area (Å²) in [6.45, 7) is 7.99. The van der Waals surface area contributed by atoms with Gasteiger partial charge in [0.2, 0.25) is 0 Å². The molecule has 4 nitrogen and oxygen atoms in total. The highest BCUT2D eigenvalue weighted by atomic mass is 16.6. The minimum Gasteiger partial charge on any atom is -0.463 e. The normalized spacial score (nSPS) is 12.4. The van der Waals surface area contributed by atoms with E-state index in [1.54, 1.807) is 0 Å². The van der Waals surface area contributed by atoms with Crippen LogP contribution < -0.4 is 0 Å². The molecule has 0 aromatic heterocycles. The number of esters is 1. The zero-order valence-corrected chi connectivity index (χ0v) is 12.8. The minimum atomic E-state index is -0.270. The van der Waals surface area contributed by atoms with Crippen LogP contribution in [0.15, 0.2) is 0 Å². The van der Waals surface area contributed by atoms with Gasteiger partial charge >= 0.3 is 5.97 Å². The Labute approximate surface area is 117 Å². The number of carbonyl (C=O) groups excluding carboxylic acids is 1. The summed E-state index contributed by atoms with van der Waals surface area (Å²) in [5.41, 5.74) is 0. The first-order valence-electron chi connectivity index (χ1n) is 7.53. The molecule has 0 spiro atoms. The fourth-order valence-electron chi connectivity index (χ4n) is 1.63. The Hall–Kier alpha value is -0.610. The molecule has 0 aliphatic rings. The van der Waals surface area contributed by atoms with Crippen molar-refractivity contribution in [1.29, 1.82) is 0 Å². The van der Waals surface area contributed by atoms with E-state index in [9.17, 15) is 4.79 Å². The van der Waals surface area contributed by atoms with Crippen molar-refractivity contribution in [2.75, 3.05) is 26.4 Å². The number of carbonyl (C=O) groups is 1. The molecular weight excluding hydrogens is 244 g/mol. The van der Waals surface area contributed by atoms with Crippen LogP contribution in [0.4, 0.5) is 0 Å². The van der Waals surface area contributed by atoms with E-state index in [-0.39, 0.29) is 18.7 Å². The highest BCUT2D eigenvalue weighted by molar-refractivity contribution is 5.65. The fraction of sp³-hybridized carbons (Fsp3) is 0.933. The molecular formula is C15H30O4. The fourth-order valence-corrected chi connectivity index (χ4v) is 1.63. The maximum absolute atomic E-state index is 10.8. The summed E-state index contributed by atoms with van der Waals surface area (Å²) in [5, 5.41) is 0. The van der Waals surface area contributed by atoms with E-state index in [1.165, 1.54) is 26.2 Å². The van der Waals surface area contributed by atoms with E-state index < -0.39 is 0 Å². The molecule has 0 rings (SSSR count). The van der Waals surface area contributed by atoms with Gasteiger partial charge in [-0.05, 0) is 12.8 Å². The van der Waals surface area contributed by atoms with Gasteiger partial charge in [0.1, 0.15) is 12.7 Å². The van der Waals surface area contributed by atoms with E-state index in [0.29, 0.717) is 13.2 Å². The zero-order valence-electron chi connectivity index (χ0n) is 12.8. The van der Waals surface area contributed by atoms with Gasteiger partial charge in [-0.25, -0.2) is 0 Å². The molecule has 0 bridgehead atoms. The monoisotopic (exact) mass is 274 g/mol. The van der Waals surface area contributed by atoms with Crippen LogP contribution in [0, 0.1) is 0 Å². The Bertz CT molecular complexity index is 206. The minimum absolute atomic E-state index is 0.137. The highest BCUT2D eigenvalue weighted by Crippen LogP contribution is 2.02. The Kier molecular flexibility index (Phi) is 13.4. The second kappa shape index (κ2) is 13.8. The molecule has 0 N–H and O–H groups in total. The molecule has 0 saturated heterocycles. The number of ether oxygens (including phenoxy) is 3. The summed E-state index contributed by atoms with van der Waals surface area (Å²) in [5.74, 6) is -0.270. The van der Waals surface area contributed by atoms with Crippen LogP contribution in [0.25, 0.3) is 0 Å². The van der Waals surface area contributed by atoms with Gasteiger partial charge in [-0.15, -0.1) is 0 Å². The first-order valence-corrected chi connectivity index (χ1v) is 7.53. The van der Waals surface area contributed by atoms with Crippen molar-refractivity contribution < 1.29 is 19.0 Å². The molecule has 0 amide bonds. The quantitative estimate of drug-likeness (QED) is 0.382. The first kappa shape index (κ1) is 18.4. The average molecular weight is 274 g/mol. The molecule has 114 valence electrons. The van der Waals surface area contributed by atoms with Gasteiger partial charge in [-0.2, -0.15) is 0 Å². The van der Waals surface area contributed by atoms with Crippen LogP contribution in [0.1, 0.15) is 59.3 Å². The van der Waals surface area contributed by atoms with Gasteiger partial charge in [0.05, 0.1) is 6.61 Å². The Morgan fingerprint density at radius 3 is 2.16 bits per heavy atom. The van der Waals surface area contributed by atoms with Crippen molar-refractivity contribution >= 4 is 5.97 Å². The summed E-state index contributed by atoms with van der Waals surface area (Å²) in [4.78, 5) is 10.8. The average Bonchev–Trinajstić information content (AvgIpc) is 2.39. The van der Waals surface area contributed by atoms with Crippen LogP contribution in [-0.2, 0) is 19.0 Å². The van der Waals surface area contributed by atoms with Crippen molar-refractivity contribution in [2.45, 2.75) is 65.4 Å². The van der Waals surface area contributed by atoms with Gasteiger partial charge in [0.15, 0.2) is 0 Å². The van der Waals surface area contributed by atoms with Crippen molar-refractivity contribution in [1.82, 2.24) is 0 Å². The predicted molar refractivity (Wildman–Crippen MR) is 76.2 cm³/mol. The molecule has 0 radical (unpaired) electrons. The number of unbranched alkanes of at least 4 members (excludes halogenated alkanes) is 4. The predicted octanol–water partition coefficient (Wildman–Crippen LogP) is 3.33. The molecule has 0 aliphatic carbocycles. The molecule has 1 atom stereocenters. The smallest absolute Gasteiger partial charge is 0.302 e. The lowest BCUT2D eigenvalue weighted by Gasteiger charge is -2.17. The Balaban J connectivity index is 3.72. The number of hydrogen-bond acceptors (Lipinski definition) is 4. The molecule has 0 aromatic carbocycles. The molecule has 0 aromatic rings. The second-order valence-electron chi connectivity index (χ2n) is 4.78. The molecule has 1 unspecified atom stereocenters. The Morgan fingerprint density at radius 1 is 0.947 bits per heavy atom. The maximum Gasteiger partial charge on any atom is 0.302 e. The van der Waals surface area contributed by atoms with Crippen LogP contribution in [0.5, 0.6) is 0 Å². The summed E-state index contributed by atoms with van der Waals surface area (Å²) in [7, 11) is 0. The number of hydrogen-bond donors (Lipinski definition) is 0. The van der Waals surface area contributed by atoms with E-state index in [4.69, 9.17) is 14.2 Å². The lowest BCUT2D eigenvalue weighted by molar-refractivity contribution is -0.147. The van der Waals surface area contributed by atoms with Crippen molar-refractivity contribution in [3.05, 3.63) is 0 Å². The van der Waals surface area contributed by atoms with Gasteiger partial charge < -0.3 is 14.2 Å². The maximum atomic E-state index is 10.8. The molecule has 0 aliphatic heterocycles. The van der Waals surface area contributed by atoms with Gasteiger partial charge in [-0.3, -0.25) is 4.79 Å². The third-order valence-electron chi connectivity index (χ3n) is 2.77.